The first-order valence-electron chi connectivity index (χ1n) is 13.5. The molecule has 2 atom stereocenters. The highest BCUT2D eigenvalue weighted by molar-refractivity contribution is 7.91. The fourth-order valence-electron chi connectivity index (χ4n) is 5.30. The van der Waals surface area contributed by atoms with E-state index in [1.165, 1.54) is 0 Å². The van der Waals surface area contributed by atoms with Crippen LogP contribution >= 0.6 is 0 Å². The van der Waals surface area contributed by atoms with Gasteiger partial charge < -0.3 is 25.5 Å². The van der Waals surface area contributed by atoms with Crippen LogP contribution in [0.2, 0.25) is 0 Å². The summed E-state index contributed by atoms with van der Waals surface area (Å²) >= 11 is 0. The summed E-state index contributed by atoms with van der Waals surface area (Å²) in [6.07, 6.45) is 2.14. The first-order valence-corrected chi connectivity index (χ1v) is 15.1. The van der Waals surface area contributed by atoms with E-state index < -0.39 is 15.7 Å². The van der Waals surface area contributed by atoms with Gasteiger partial charge in [0, 0.05) is 37.6 Å². The van der Waals surface area contributed by atoms with E-state index in [1.807, 2.05) is 26.0 Å². The number of benzene rings is 2. The lowest BCUT2D eigenvalue weighted by molar-refractivity contribution is 0.281. The number of halogens is 1. The number of sulfone groups is 1. The topological polar surface area (TPSA) is 111 Å². The maximum Gasteiger partial charge on any atom is 0.229 e. The maximum atomic E-state index is 14.9. The summed E-state index contributed by atoms with van der Waals surface area (Å²) in [5.74, 6) is 0.117. The lowest BCUT2D eigenvalue weighted by Crippen LogP contribution is -2.31. The molecule has 1 fully saturated rings. The number of aliphatic hydroxyl groups excluding tert-OH is 1. The van der Waals surface area contributed by atoms with Gasteiger partial charge in [0.1, 0.15) is 0 Å². The molecule has 0 amide bonds. The summed E-state index contributed by atoms with van der Waals surface area (Å²) in [6.45, 7) is 9.20. The van der Waals surface area contributed by atoms with Crippen LogP contribution in [0.1, 0.15) is 37.0 Å². The second kappa shape index (κ2) is 12.1. The molecule has 0 spiro atoms. The van der Waals surface area contributed by atoms with Crippen molar-refractivity contribution >= 4 is 38.7 Å². The Morgan fingerprint density at radius 3 is 2.60 bits per heavy atom. The highest BCUT2D eigenvalue weighted by Gasteiger charge is 2.27. The van der Waals surface area contributed by atoms with E-state index in [0.717, 1.165) is 35.9 Å². The largest absolute Gasteiger partial charge is 0.392 e. The molecule has 0 saturated carbocycles. The van der Waals surface area contributed by atoms with Crippen LogP contribution in [0, 0.1) is 25.6 Å². The Morgan fingerprint density at radius 2 is 1.95 bits per heavy atom. The Hall–Kier alpha value is -3.28. The molecule has 11 heteroatoms. The molecule has 0 unspecified atom stereocenters. The quantitative estimate of drug-likeness (QED) is 0.317. The van der Waals surface area contributed by atoms with Crippen molar-refractivity contribution in [2.45, 2.75) is 51.7 Å². The van der Waals surface area contributed by atoms with Gasteiger partial charge in [-0.1, -0.05) is 19.9 Å². The summed E-state index contributed by atoms with van der Waals surface area (Å²) < 4.78 is 40.9. The second-order valence-corrected chi connectivity index (χ2v) is 12.9. The van der Waals surface area contributed by atoms with Crippen molar-refractivity contribution in [3.63, 3.8) is 0 Å². The number of likely N-dealkylation sites (tertiary alicyclic amines) is 1. The zero-order chi connectivity index (χ0) is 29.2. The molecule has 9 nitrogen and oxygen atoms in total. The van der Waals surface area contributed by atoms with E-state index in [-0.39, 0.29) is 29.0 Å². The Balaban J connectivity index is 1.61. The lowest BCUT2D eigenvalue weighted by atomic mass is 10.0. The first kappa shape index (κ1) is 29.7. The number of aromatic nitrogens is 2. The van der Waals surface area contributed by atoms with Gasteiger partial charge in [0.05, 0.1) is 29.1 Å². The second-order valence-electron chi connectivity index (χ2n) is 10.7. The van der Waals surface area contributed by atoms with E-state index in [1.54, 1.807) is 37.1 Å². The molecule has 40 heavy (non-hydrogen) atoms. The summed E-state index contributed by atoms with van der Waals surface area (Å²) in [7, 11) is 0.249. The van der Waals surface area contributed by atoms with Crippen LogP contribution in [0.3, 0.4) is 0 Å². The van der Waals surface area contributed by atoms with Gasteiger partial charge in [-0.15, -0.1) is 0 Å². The van der Waals surface area contributed by atoms with Gasteiger partial charge in [-0.3, -0.25) is 0 Å². The van der Waals surface area contributed by atoms with Crippen LogP contribution in [-0.2, 0) is 16.4 Å². The molecule has 1 aromatic heterocycles. The maximum absolute atomic E-state index is 14.9. The average Bonchev–Trinajstić information content (AvgIpc) is 3.25. The SMILES string of the molecule is CCS(=O)(=O)c1cc(Nc2ncc(F)c(N(C)c3cc(CO)c(C)cc3C)n2)ccc1NC[C@@H]1C[C@@H](C)CN1C. The summed E-state index contributed by atoms with van der Waals surface area (Å²) in [5, 5.41) is 16.1. The Labute approximate surface area is 236 Å². The highest BCUT2D eigenvalue weighted by atomic mass is 32.2. The number of nitrogens with zero attached hydrogens (tertiary/aromatic N) is 4. The van der Waals surface area contributed by atoms with Gasteiger partial charge in [0.25, 0.3) is 0 Å². The number of anilines is 5. The minimum Gasteiger partial charge on any atom is -0.392 e. The van der Waals surface area contributed by atoms with E-state index in [0.29, 0.717) is 35.6 Å². The van der Waals surface area contributed by atoms with Crippen molar-refractivity contribution in [3.8, 4) is 0 Å². The first-order chi connectivity index (χ1) is 18.9. The molecule has 0 aliphatic carbocycles. The minimum atomic E-state index is -3.54. The third-order valence-electron chi connectivity index (χ3n) is 7.61. The monoisotopic (exact) mass is 570 g/mol. The molecule has 2 aromatic carbocycles. The van der Waals surface area contributed by atoms with E-state index in [9.17, 15) is 17.9 Å². The van der Waals surface area contributed by atoms with Gasteiger partial charge in [0.15, 0.2) is 21.5 Å². The Kier molecular flexibility index (Phi) is 8.96. The van der Waals surface area contributed by atoms with Gasteiger partial charge >= 0.3 is 0 Å². The molecule has 1 saturated heterocycles. The summed E-state index contributed by atoms with van der Waals surface area (Å²) in [6, 6.07) is 9.15. The number of likely N-dealkylation sites (N-methyl/N-ethyl adjacent to an activating group) is 1. The molecular formula is C29H39FN6O3S. The molecule has 0 bridgehead atoms. The molecule has 0 radical (unpaired) electrons. The normalized spacial score (nSPS) is 17.7. The molecule has 3 aromatic rings. The van der Waals surface area contributed by atoms with Crippen LogP contribution in [0.4, 0.5) is 33.2 Å². The van der Waals surface area contributed by atoms with Crippen molar-refractivity contribution < 1.29 is 17.9 Å². The van der Waals surface area contributed by atoms with Crippen molar-refractivity contribution in [1.82, 2.24) is 14.9 Å². The highest BCUT2D eigenvalue weighted by Crippen LogP contribution is 2.32. The van der Waals surface area contributed by atoms with Crippen molar-refractivity contribution in [1.29, 1.82) is 0 Å². The Morgan fingerprint density at radius 1 is 1.20 bits per heavy atom. The van der Waals surface area contributed by atoms with Crippen LogP contribution in [0.15, 0.2) is 41.4 Å². The van der Waals surface area contributed by atoms with Crippen LogP contribution < -0.4 is 15.5 Å². The number of hydrogen-bond acceptors (Lipinski definition) is 9. The van der Waals surface area contributed by atoms with Crippen molar-refractivity contribution in [3.05, 3.63) is 59.0 Å². The number of nitrogens with one attached hydrogen (secondary N) is 2. The van der Waals surface area contributed by atoms with Crippen molar-refractivity contribution in [2.75, 3.05) is 48.5 Å². The van der Waals surface area contributed by atoms with Gasteiger partial charge in [0.2, 0.25) is 5.95 Å². The molecule has 1 aliphatic heterocycles. The lowest BCUT2D eigenvalue weighted by Gasteiger charge is -2.23. The van der Waals surface area contributed by atoms with Gasteiger partial charge in [-0.05, 0) is 74.2 Å². The van der Waals surface area contributed by atoms with Gasteiger partial charge in [-0.2, -0.15) is 4.98 Å². The molecule has 216 valence electrons. The van der Waals surface area contributed by atoms with Crippen LogP contribution in [0.5, 0.6) is 0 Å². The van der Waals surface area contributed by atoms with E-state index in [4.69, 9.17) is 0 Å². The van der Waals surface area contributed by atoms with Crippen LogP contribution in [0.25, 0.3) is 0 Å². The van der Waals surface area contributed by atoms with E-state index >= 15 is 0 Å². The molecule has 2 heterocycles. The number of aliphatic hydroxyl groups is 1. The third-order valence-corrected chi connectivity index (χ3v) is 9.38. The van der Waals surface area contributed by atoms with Crippen LogP contribution in [-0.4, -0.2) is 67.4 Å². The Bertz CT molecular complexity index is 1480. The minimum absolute atomic E-state index is 0.0424. The number of hydrogen-bond donors (Lipinski definition) is 3. The molecule has 3 N–H and O–H groups in total. The smallest absolute Gasteiger partial charge is 0.229 e. The van der Waals surface area contributed by atoms with Gasteiger partial charge in [-0.25, -0.2) is 17.8 Å². The zero-order valence-corrected chi connectivity index (χ0v) is 24.8. The molecular weight excluding hydrogens is 531 g/mol. The molecule has 4 rings (SSSR count). The summed E-state index contributed by atoms with van der Waals surface area (Å²) in [4.78, 5) is 12.6. The number of rotatable bonds is 10. The average molecular weight is 571 g/mol. The van der Waals surface area contributed by atoms with E-state index in [2.05, 4.69) is 39.5 Å². The number of aryl methyl sites for hydroxylation is 2. The predicted molar refractivity (Wildman–Crippen MR) is 158 cm³/mol. The van der Waals surface area contributed by atoms with Crippen molar-refractivity contribution in [2.24, 2.45) is 5.92 Å². The third kappa shape index (κ3) is 6.37. The fraction of sp³-hybridized carbons (Fsp3) is 0.448. The summed E-state index contributed by atoms with van der Waals surface area (Å²) in [5.41, 5.74) is 4.32. The predicted octanol–water partition coefficient (Wildman–Crippen LogP) is 4.78. The zero-order valence-electron chi connectivity index (χ0n) is 24.0. The fourth-order valence-corrected chi connectivity index (χ4v) is 6.39. The molecule has 1 aliphatic rings. The standard InChI is InChI=1S/C29H39FN6O3S/c1-7-40(38,39)27-13-22(8-9-25(27)31-14-23-10-18(2)16-35(23)5)33-29-32-15-24(30)28(34-29)36(6)26-12-21(17-37)19(3)11-20(26)4/h8-9,11-13,15,18,23,31,37H,7,10,14,16-17H2,1-6H3,(H,32,33,34)/t18-,23+/m1/s1.